The standard InChI is InChI=1S/C40H83N2O6P/c1-6-8-10-12-14-16-18-20-22-23-25-27-29-31-33-39(43)38(37-48-49(45,46)47-36-35-42(3,4)5)41-40(44)34-32-30-28-26-24-21-19-17-15-13-11-9-7-2/h38-39,43H,6-37H2,1-5H3,(H-,41,44,45,46)/p+1. The van der Waals surface area contributed by atoms with Crippen LogP contribution < -0.4 is 5.32 Å². The molecule has 3 N–H and O–H groups in total. The van der Waals surface area contributed by atoms with E-state index >= 15 is 0 Å². The molecule has 0 saturated heterocycles. The fourth-order valence-electron chi connectivity index (χ4n) is 6.22. The summed E-state index contributed by atoms with van der Waals surface area (Å²) >= 11 is 0. The van der Waals surface area contributed by atoms with Gasteiger partial charge in [0.1, 0.15) is 13.2 Å². The smallest absolute Gasteiger partial charge is 0.391 e. The second kappa shape index (κ2) is 33.3. The Morgan fingerprint density at radius 3 is 1.37 bits per heavy atom. The summed E-state index contributed by atoms with van der Waals surface area (Å²) in [5, 5.41) is 13.9. The van der Waals surface area contributed by atoms with Crippen LogP contribution >= 0.6 is 7.82 Å². The maximum absolute atomic E-state index is 12.8. The number of unbranched alkanes of at least 4 members (excludes halogenated alkanes) is 25. The Kier molecular flexibility index (Phi) is 33.0. The number of quaternary nitrogens is 1. The van der Waals surface area contributed by atoms with Crippen LogP contribution in [-0.2, 0) is 18.4 Å². The molecule has 0 aliphatic heterocycles. The van der Waals surface area contributed by atoms with Gasteiger partial charge in [-0.3, -0.25) is 13.8 Å². The van der Waals surface area contributed by atoms with E-state index in [1.165, 1.54) is 135 Å². The lowest BCUT2D eigenvalue weighted by molar-refractivity contribution is -0.870. The summed E-state index contributed by atoms with van der Waals surface area (Å²) in [7, 11) is 1.62. The molecule has 0 aliphatic rings. The summed E-state index contributed by atoms with van der Waals surface area (Å²) in [5.74, 6) is -0.143. The summed E-state index contributed by atoms with van der Waals surface area (Å²) in [5.41, 5.74) is 0. The molecular weight excluding hydrogens is 635 g/mol. The van der Waals surface area contributed by atoms with Gasteiger partial charge >= 0.3 is 7.82 Å². The van der Waals surface area contributed by atoms with E-state index in [1.807, 2.05) is 21.1 Å². The average molecular weight is 720 g/mol. The number of hydrogen-bond donors (Lipinski definition) is 3. The minimum absolute atomic E-state index is 0.0783. The van der Waals surface area contributed by atoms with Crippen molar-refractivity contribution < 1.29 is 32.9 Å². The summed E-state index contributed by atoms with van der Waals surface area (Å²) in [6, 6.07) is -0.751. The Hall–Kier alpha value is -0.500. The summed E-state index contributed by atoms with van der Waals surface area (Å²) in [4.78, 5) is 23.1. The lowest BCUT2D eigenvalue weighted by Crippen LogP contribution is -2.46. The molecule has 294 valence electrons. The number of aliphatic hydroxyl groups excluding tert-OH is 1. The van der Waals surface area contributed by atoms with Gasteiger partial charge in [-0.05, 0) is 12.8 Å². The van der Waals surface area contributed by atoms with Gasteiger partial charge in [-0.25, -0.2) is 4.57 Å². The molecule has 3 atom stereocenters. The Balaban J connectivity index is 4.39. The molecule has 49 heavy (non-hydrogen) atoms. The average Bonchev–Trinajstić information content (AvgIpc) is 3.04. The molecule has 0 aliphatic carbocycles. The highest BCUT2D eigenvalue weighted by molar-refractivity contribution is 7.47. The Labute approximate surface area is 304 Å². The zero-order valence-corrected chi connectivity index (χ0v) is 34.1. The van der Waals surface area contributed by atoms with Crippen LogP contribution in [-0.4, -0.2) is 73.4 Å². The van der Waals surface area contributed by atoms with E-state index in [9.17, 15) is 19.4 Å². The van der Waals surface area contributed by atoms with E-state index in [0.29, 0.717) is 23.9 Å². The van der Waals surface area contributed by atoms with E-state index in [1.54, 1.807) is 0 Å². The van der Waals surface area contributed by atoms with Gasteiger partial charge in [-0.1, -0.05) is 181 Å². The molecule has 0 aromatic rings. The van der Waals surface area contributed by atoms with Crippen molar-refractivity contribution >= 4 is 13.7 Å². The third-order valence-electron chi connectivity index (χ3n) is 9.61. The number of likely N-dealkylation sites (N-methyl/N-ethyl adjacent to an activating group) is 1. The van der Waals surface area contributed by atoms with E-state index in [0.717, 1.165) is 38.5 Å². The molecule has 9 heteroatoms. The lowest BCUT2D eigenvalue weighted by atomic mass is 10.0. The second-order valence-corrected chi connectivity index (χ2v) is 17.2. The normalized spacial score (nSPS) is 14.5. The van der Waals surface area contributed by atoms with Gasteiger partial charge in [-0.2, -0.15) is 0 Å². The van der Waals surface area contributed by atoms with Crippen LogP contribution in [0.5, 0.6) is 0 Å². The number of carbonyl (C=O) groups excluding carboxylic acids is 1. The molecule has 0 aromatic carbocycles. The van der Waals surface area contributed by atoms with E-state index < -0.39 is 20.0 Å². The van der Waals surface area contributed by atoms with Crippen LogP contribution in [0.15, 0.2) is 0 Å². The van der Waals surface area contributed by atoms with Crippen molar-refractivity contribution in [2.45, 2.75) is 212 Å². The molecule has 0 fully saturated rings. The number of phosphoric acid groups is 1. The Bertz CT molecular complexity index is 778. The van der Waals surface area contributed by atoms with Crippen molar-refractivity contribution in [1.29, 1.82) is 0 Å². The number of phosphoric ester groups is 1. The predicted octanol–water partition coefficient (Wildman–Crippen LogP) is 11.0. The highest BCUT2D eigenvalue weighted by atomic mass is 31.2. The molecule has 0 heterocycles. The molecule has 0 saturated carbocycles. The number of rotatable bonds is 38. The van der Waals surface area contributed by atoms with E-state index in [-0.39, 0.29) is 19.1 Å². The first-order chi connectivity index (χ1) is 23.5. The molecular formula is C40H84N2O6P+. The first-order valence-corrected chi connectivity index (χ1v) is 22.4. The number of hydrogen-bond acceptors (Lipinski definition) is 5. The van der Waals surface area contributed by atoms with E-state index in [4.69, 9.17) is 9.05 Å². The van der Waals surface area contributed by atoms with Gasteiger partial charge in [0.25, 0.3) is 0 Å². The Morgan fingerprint density at radius 1 is 0.612 bits per heavy atom. The zero-order valence-electron chi connectivity index (χ0n) is 33.2. The highest BCUT2D eigenvalue weighted by Crippen LogP contribution is 2.43. The van der Waals surface area contributed by atoms with Gasteiger partial charge in [0.2, 0.25) is 5.91 Å². The van der Waals surface area contributed by atoms with Crippen LogP contribution in [0.4, 0.5) is 0 Å². The van der Waals surface area contributed by atoms with Gasteiger partial charge < -0.3 is 19.8 Å². The molecule has 0 aromatic heterocycles. The largest absolute Gasteiger partial charge is 0.472 e. The maximum Gasteiger partial charge on any atom is 0.472 e. The van der Waals surface area contributed by atoms with Crippen LogP contribution in [0.3, 0.4) is 0 Å². The number of nitrogens with one attached hydrogen (secondary N) is 1. The van der Waals surface area contributed by atoms with Gasteiger partial charge in [-0.15, -0.1) is 0 Å². The molecule has 3 unspecified atom stereocenters. The molecule has 0 bridgehead atoms. The number of aliphatic hydroxyl groups is 1. The first-order valence-electron chi connectivity index (χ1n) is 20.9. The van der Waals surface area contributed by atoms with Crippen molar-refractivity contribution in [1.82, 2.24) is 5.32 Å². The molecule has 8 nitrogen and oxygen atoms in total. The zero-order chi connectivity index (χ0) is 36.5. The summed E-state index contributed by atoms with van der Waals surface area (Å²) < 4.78 is 23.6. The molecule has 0 rings (SSSR count). The van der Waals surface area contributed by atoms with Gasteiger partial charge in [0, 0.05) is 6.42 Å². The van der Waals surface area contributed by atoms with Crippen molar-refractivity contribution in [3.63, 3.8) is 0 Å². The molecule has 0 spiro atoms. The quantitative estimate of drug-likeness (QED) is 0.0333. The monoisotopic (exact) mass is 720 g/mol. The number of carbonyl (C=O) groups is 1. The molecule has 0 radical (unpaired) electrons. The second-order valence-electron chi connectivity index (χ2n) is 15.7. The first kappa shape index (κ1) is 48.5. The van der Waals surface area contributed by atoms with Crippen LogP contribution in [0.1, 0.15) is 200 Å². The SMILES string of the molecule is CCCCCCCCCCCCCCCCC(O)C(COP(=O)(O)OCC[N+](C)(C)C)NC(=O)CCCCCCCCCCCCCCC. The summed E-state index contributed by atoms with van der Waals surface area (Å²) in [6.45, 7) is 4.89. The minimum Gasteiger partial charge on any atom is -0.391 e. The van der Waals surface area contributed by atoms with Crippen molar-refractivity contribution in [2.75, 3.05) is 40.9 Å². The molecule has 1 amide bonds. The Morgan fingerprint density at radius 2 is 0.980 bits per heavy atom. The van der Waals surface area contributed by atoms with Crippen LogP contribution in [0.25, 0.3) is 0 Å². The van der Waals surface area contributed by atoms with Crippen molar-refractivity contribution in [3.05, 3.63) is 0 Å². The number of nitrogens with zero attached hydrogens (tertiary/aromatic N) is 1. The third kappa shape index (κ3) is 35.7. The van der Waals surface area contributed by atoms with E-state index in [2.05, 4.69) is 19.2 Å². The van der Waals surface area contributed by atoms with Crippen molar-refractivity contribution in [2.24, 2.45) is 0 Å². The fraction of sp³-hybridized carbons (Fsp3) is 0.975. The van der Waals surface area contributed by atoms with Crippen LogP contribution in [0, 0.1) is 0 Å². The summed E-state index contributed by atoms with van der Waals surface area (Å²) in [6.07, 6.45) is 34.0. The fourth-order valence-corrected chi connectivity index (χ4v) is 6.96. The minimum atomic E-state index is -4.30. The van der Waals surface area contributed by atoms with Crippen molar-refractivity contribution in [3.8, 4) is 0 Å². The number of amides is 1. The highest BCUT2D eigenvalue weighted by Gasteiger charge is 2.28. The van der Waals surface area contributed by atoms with Crippen LogP contribution in [0.2, 0.25) is 0 Å². The maximum atomic E-state index is 12.8. The van der Waals surface area contributed by atoms with Gasteiger partial charge in [0.15, 0.2) is 0 Å². The lowest BCUT2D eigenvalue weighted by Gasteiger charge is -2.26. The predicted molar refractivity (Wildman–Crippen MR) is 208 cm³/mol. The third-order valence-corrected chi connectivity index (χ3v) is 10.6. The van der Waals surface area contributed by atoms with Gasteiger partial charge in [0.05, 0.1) is 39.9 Å². The topological polar surface area (TPSA) is 105 Å².